The molecule has 5 nitrogen and oxygen atoms in total. The van der Waals surface area contributed by atoms with Gasteiger partial charge in [0.05, 0.1) is 11.5 Å². The van der Waals surface area contributed by atoms with E-state index in [2.05, 4.69) is 10.6 Å². The molecule has 0 fully saturated rings. The van der Waals surface area contributed by atoms with E-state index in [1.807, 2.05) is 23.6 Å². The number of methoxy groups -OCH3 is 1. The summed E-state index contributed by atoms with van der Waals surface area (Å²) >= 11 is 1.34. The Morgan fingerprint density at radius 3 is 2.77 bits per heavy atom. The van der Waals surface area contributed by atoms with Gasteiger partial charge in [-0.25, -0.2) is 0 Å². The minimum Gasteiger partial charge on any atom is -0.380 e. The van der Waals surface area contributed by atoms with Gasteiger partial charge in [-0.15, -0.1) is 11.3 Å². The molecule has 0 aliphatic carbocycles. The molecule has 1 aromatic heterocycles. The third-order valence-corrected chi connectivity index (χ3v) is 3.86. The van der Waals surface area contributed by atoms with Crippen molar-refractivity contribution in [1.29, 1.82) is 0 Å². The molecule has 0 radical (unpaired) electrons. The fourth-order valence-corrected chi connectivity index (χ4v) is 2.52. The van der Waals surface area contributed by atoms with E-state index >= 15 is 0 Å². The van der Waals surface area contributed by atoms with Crippen molar-refractivity contribution in [3.05, 3.63) is 52.2 Å². The lowest BCUT2D eigenvalue weighted by Crippen LogP contribution is -2.41. The van der Waals surface area contributed by atoms with E-state index in [9.17, 15) is 9.59 Å². The van der Waals surface area contributed by atoms with E-state index in [0.717, 1.165) is 5.56 Å². The van der Waals surface area contributed by atoms with Crippen LogP contribution in [0.5, 0.6) is 0 Å². The van der Waals surface area contributed by atoms with E-state index in [1.165, 1.54) is 11.3 Å². The first kappa shape index (κ1) is 16.2. The van der Waals surface area contributed by atoms with Gasteiger partial charge in [-0.3, -0.25) is 9.59 Å². The zero-order valence-corrected chi connectivity index (χ0v) is 13.3. The lowest BCUT2D eigenvalue weighted by Gasteiger charge is -2.14. The van der Waals surface area contributed by atoms with Gasteiger partial charge in [0.2, 0.25) is 5.91 Å². The molecular weight excluding hydrogens is 300 g/mol. The molecule has 22 heavy (non-hydrogen) atoms. The highest BCUT2D eigenvalue weighted by Gasteiger charge is 2.17. The molecule has 0 saturated heterocycles. The van der Waals surface area contributed by atoms with Gasteiger partial charge in [0.1, 0.15) is 6.04 Å². The van der Waals surface area contributed by atoms with Gasteiger partial charge in [0, 0.05) is 12.8 Å². The number of rotatable bonds is 6. The summed E-state index contributed by atoms with van der Waals surface area (Å²) in [5, 5.41) is 7.28. The molecule has 0 aliphatic rings. The fourth-order valence-electron chi connectivity index (χ4n) is 1.90. The molecule has 6 heteroatoms. The predicted molar refractivity (Wildman–Crippen MR) is 87.0 cm³/mol. The summed E-state index contributed by atoms with van der Waals surface area (Å²) in [7, 11) is 1.62. The van der Waals surface area contributed by atoms with Crippen LogP contribution in [0, 0.1) is 0 Å². The van der Waals surface area contributed by atoms with Crippen molar-refractivity contribution in [2.24, 2.45) is 0 Å². The summed E-state index contributed by atoms with van der Waals surface area (Å²) in [4.78, 5) is 24.6. The lowest BCUT2D eigenvalue weighted by molar-refractivity contribution is -0.117. The van der Waals surface area contributed by atoms with Crippen LogP contribution in [0.3, 0.4) is 0 Å². The zero-order valence-electron chi connectivity index (χ0n) is 12.5. The molecule has 2 N–H and O–H groups in total. The van der Waals surface area contributed by atoms with Crippen LogP contribution >= 0.6 is 11.3 Å². The monoisotopic (exact) mass is 318 g/mol. The first-order valence-electron chi connectivity index (χ1n) is 6.83. The number of thiophene rings is 1. The Morgan fingerprint density at radius 1 is 1.27 bits per heavy atom. The highest BCUT2D eigenvalue weighted by atomic mass is 32.1. The quantitative estimate of drug-likeness (QED) is 0.860. The molecule has 0 spiro atoms. The Hall–Kier alpha value is -2.18. The Balaban J connectivity index is 1.93. The summed E-state index contributed by atoms with van der Waals surface area (Å²) in [5.41, 5.74) is 1.65. The Labute approximate surface area is 133 Å². The van der Waals surface area contributed by atoms with Crippen molar-refractivity contribution in [2.75, 3.05) is 12.4 Å². The molecule has 1 heterocycles. The SMILES string of the molecule is COCc1cccc(NC(=O)C(C)NC(=O)c2cccs2)c1. The van der Waals surface area contributed by atoms with E-state index in [-0.39, 0.29) is 11.8 Å². The van der Waals surface area contributed by atoms with Gasteiger partial charge in [-0.2, -0.15) is 0 Å². The number of benzene rings is 1. The van der Waals surface area contributed by atoms with Crippen LogP contribution in [0.15, 0.2) is 41.8 Å². The summed E-state index contributed by atoms with van der Waals surface area (Å²) in [6, 6.07) is 10.3. The van der Waals surface area contributed by atoms with E-state index in [0.29, 0.717) is 17.2 Å². The molecule has 1 aromatic carbocycles. The van der Waals surface area contributed by atoms with Crippen LogP contribution in [0.25, 0.3) is 0 Å². The Kier molecular flexibility index (Phi) is 5.68. The summed E-state index contributed by atoms with van der Waals surface area (Å²) in [6.45, 7) is 2.13. The van der Waals surface area contributed by atoms with Crippen LogP contribution in [0.1, 0.15) is 22.2 Å². The van der Waals surface area contributed by atoms with Crippen LogP contribution in [0.4, 0.5) is 5.69 Å². The van der Waals surface area contributed by atoms with E-state index < -0.39 is 6.04 Å². The van der Waals surface area contributed by atoms with Gasteiger partial charge in [0.15, 0.2) is 0 Å². The number of nitrogens with one attached hydrogen (secondary N) is 2. The average Bonchev–Trinajstić information content (AvgIpc) is 3.02. The van der Waals surface area contributed by atoms with Crippen molar-refractivity contribution in [1.82, 2.24) is 5.32 Å². The maximum atomic E-state index is 12.1. The van der Waals surface area contributed by atoms with Gasteiger partial charge in [-0.05, 0) is 36.1 Å². The number of carbonyl (C=O) groups is 2. The normalized spacial score (nSPS) is 11.7. The largest absolute Gasteiger partial charge is 0.380 e. The standard InChI is InChI=1S/C16H18N2O3S/c1-11(17-16(20)14-7-4-8-22-14)15(19)18-13-6-3-5-12(9-13)10-21-2/h3-9,11H,10H2,1-2H3,(H,17,20)(H,18,19). The average molecular weight is 318 g/mol. The topological polar surface area (TPSA) is 67.4 Å². The Morgan fingerprint density at radius 2 is 2.09 bits per heavy atom. The second-order valence-corrected chi connectivity index (χ2v) is 5.74. The smallest absolute Gasteiger partial charge is 0.261 e. The zero-order chi connectivity index (χ0) is 15.9. The van der Waals surface area contributed by atoms with Crippen LogP contribution in [0.2, 0.25) is 0 Å². The first-order chi connectivity index (χ1) is 10.6. The number of ether oxygens (including phenoxy) is 1. The number of hydrogen-bond acceptors (Lipinski definition) is 4. The van der Waals surface area contributed by atoms with Gasteiger partial charge >= 0.3 is 0 Å². The van der Waals surface area contributed by atoms with Crippen molar-refractivity contribution in [3.8, 4) is 0 Å². The molecule has 0 aliphatic heterocycles. The van der Waals surface area contributed by atoms with Crippen molar-refractivity contribution in [3.63, 3.8) is 0 Å². The molecular formula is C16H18N2O3S. The molecule has 2 amide bonds. The second-order valence-electron chi connectivity index (χ2n) is 4.80. The minimum absolute atomic E-state index is 0.245. The second kappa shape index (κ2) is 7.72. The third-order valence-electron chi connectivity index (χ3n) is 2.99. The van der Waals surface area contributed by atoms with Crippen LogP contribution in [-0.2, 0) is 16.1 Å². The summed E-state index contributed by atoms with van der Waals surface area (Å²) in [6.07, 6.45) is 0. The van der Waals surface area contributed by atoms with Crippen LogP contribution in [-0.4, -0.2) is 25.0 Å². The molecule has 116 valence electrons. The number of anilines is 1. The highest BCUT2D eigenvalue weighted by Crippen LogP contribution is 2.12. The number of carbonyl (C=O) groups excluding carboxylic acids is 2. The van der Waals surface area contributed by atoms with Gasteiger partial charge in [-0.1, -0.05) is 18.2 Å². The summed E-state index contributed by atoms with van der Waals surface area (Å²) in [5.74, 6) is -0.509. The molecule has 1 unspecified atom stereocenters. The fraction of sp³-hybridized carbons (Fsp3) is 0.250. The number of hydrogen-bond donors (Lipinski definition) is 2. The third kappa shape index (κ3) is 4.41. The molecule has 1 atom stereocenters. The Bertz CT molecular complexity index is 641. The maximum absolute atomic E-state index is 12.1. The van der Waals surface area contributed by atoms with Gasteiger partial charge < -0.3 is 15.4 Å². The molecule has 0 bridgehead atoms. The summed E-state index contributed by atoms with van der Waals surface area (Å²) < 4.78 is 5.06. The van der Waals surface area contributed by atoms with Crippen molar-refractivity contribution in [2.45, 2.75) is 19.6 Å². The molecule has 0 saturated carbocycles. The van der Waals surface area contributed by atoms with E-state index in [4.69, 9.17) is 4.74 Å². The van der Waals surface area contributed by atoms with Gasteiger partial charge in [0.25, 0.3) is 5.91 Å². The number of amides is 2. The molecule has 2 rings (SSSR count). The predicted octanol–water partition coefficient (Wildman–Crippen LogP) is 2.65. The van der Waals surface area contributed by atoms with Crippen molar-refractivity contribution < 1.29 is 14.3 Å². The minimum atomic E-state index is -0.624. The highest BCUT2D eigenvalue weighted by molar-refractivity contribution is 7.12. The van der Waals surface area contributed by atoms with Crippen LogP contribution < -0.4 is 10.6 Å². The van der Waals surface area contributed by atoms with Crippen molar-refractivity contribution >= 4 is 28.8 Å². The lowest BCUT2D eigenvalue weighted by atomic mass is 10.2. The van der Waals surface area contributed by atoms with E-state index in [1.54, 1.807) is 32.2 Å². The molecule has 2 aromatic rings. The first-order valence-corrected chi connectivity index (χ1v) is 7.71. The maximum Gasteiger partial charge on any atom is 0.261 e.